The minimum Gasteiger partial charge on any atom is -0.383 e. The number of rotatable bonds is 10. The summed E-state index contributed by atoms with van der Waals surface area (Å²) in [4.78, 5) is 11.8. The normalized spacial score (nSPS) is 12.1. The van der Waals surface area contributed by atoms with E-state index in [4.69, 9.17) is 9.47 Å². The highest BCUT2D eigenvalue weighted by Crippen LogP contribution is 2.10. The predicted octanol–water partition coefficient (Wildman–Crippen LogP) is 1.46. The minimum atomic E-state index is -0.248. The Labute approximate surface area is 127 Å². The molecule has 5 nitrogen and oxygen atoms in total. The second-order valence-electron chi connectivity index (χ2n) is 4.79. The van der Waals surface area contributed by atoms with E-state index in [-0.39, 0.29) is 11.9 Å². The van der Waals surface area contributed by atoms with Gasteiger partial charge in [-0.15, -0.1) is 0 Å². The van der Waals surface area contributed by atoms with Crippen LogP contribution in [0.1, 0.15) is 25.0 Å². The molecule has 1 unspecified atom stereocenters. The van der Waals surface area contributed by atoms with Crippen molar-refractivity contribution in [2.24, 2.45) is 0 Å². The van der Waals surface area contributed by atoms with Gasteiger partial charge in [0, 0.05) is 26.8 Å². The quantitative estimate of drug-likeness (QED) is 0.642. The van der Waals surface area contributed by atoms with Gasteiger partial charge in [-0.1, -0.05) is 24.3 Å². The van der Waals surface area contributed by atoms with Gasteiger partial charge in [-0.05, 0) is 25.0 Å². The van der Waals surface area contributed by atoms with Gasteiger partial charge in [-0.25, -0.2) is 0 Å². The van der Waals surface area contributed by atoms with Gasteiger partial charge in [-0.2, -0.15) is 0 Å². The lowest BCUT2D eigenvalue weighted by Gasteiger charge is -2.16. The molecule has 0 saturated heterocycles. The molecule has 5 heteroatoms. The maximum Gasteiger partial charge on any atom is 0.236 e. The first kappa shape index (κ1) is 17.6. The average Bonchev–Trinajstić information content (AvgIpc) is 2.51. The smallest absolute Gasteiger partial charge is 0.236 e. The van der Waals surface area contributed by atoms with Gasteiger partial charge in [-0.3, -0.25) is 4.79 Å². The highest BCUT2D eigenvalue weighted by atomic mass is 16.5. The summed E-state index contributed by atoms with van der Waals surface area (Å²) in [7, 11) is 1.61. The summed E-state index contributed by atoms with van der Waals surface area (Å²) in [6.07, 6.45) is 0. The molecule has 21 heavy (non-hydrogen) atoms. The number of amides is 1. The van der Waals surface area contributed by atoms with Crippen molar-refractivity contribution in [3.05, 3.63) is 35.4 Å². The van der Waals surface area contributed by atoms with Crippen LogP contribution < -0.4 is 10.6 Å². The van der Waals surface area contributed by atoms with Crippen molar-refractivity contribution in [3.63, 3.8) is 0 Å². The number of benzene rings is 1. The summed E-state index contributed by atoms with van der Waals surface area (Å²) in [5.41, 5.74) is 2.31. The Bertz CT molecular complexity index is 424. The molecule has 0 heterocycles. The van der Waals surface area contributed by atoms with Crippen LogP contribution in [0.5, 0.6) is 0 Å². The first-order chi connectivity index (χ1) is 10.2. The molecule has 2 N–H and O–H groups in total. The van der Waals surface area contributed by atoms with Crippen molar-refractivity contribution >= 4 is 5.91 Å². The van der Waals surface area contributed by atoms with Gasteiger partial charge >= 0.3 is 0 Å². The summed E-state index contributed by atoms with van der Waals surface area (Å²) in [6, 6.07) is 7.85. The third-order valence-corrected chi connectivity index (χ3v) is 3.18. The van der Waals surface area contributed by atoms with Crippen LogP contribution in [0, 0.1) is 0 Å². The zero-order valence-corrected chi connectivity index (χ0v) is 13.1. The third-order valence-electron chi connectivity index (χ3n) is 3.18. The van der Waals surface area contributed by atoms with Gasteiger partial charge < -0.3 is 20.1 Å². The van der Waals surface area contributed by atoms with E-state index in [9.17, 15) is 4.79 Å². The van der Waals surface area contributed by atoms with Crippen molar-refractivity contribution in [3.8, 4) is 0 Å². The molecule has 0 aliphatic rings. The zero-order valence-electron chi connectivity index (χ0n) is 13.1. The number of methoxy groups -OCH3 is 1. The van der Waals surface area contributed by atoms with Crippen LogP contribution >= 0.6 is 0 Å². The predicted molar refractivity (Wildman–Crippen MR) is 83.0 cm³/mol. The lowest BCUT2D eigenvalue weighted by molar-refractivity contribution is -0.122. The van der Waals surface area contributed by atoms with Crippen molar-refractivity contribution in [2.45, 2.75) is 33.0 Å². The van der Waals surface area contributed by atoms with Crippen LogP contribution in [-0.2, 0) is 27.4 Å². The molecule has 0 aliphatic carbocycles. The fourth-order valence-corrected chi connectivity index (χ4v) is 1.87. The Kier molecular flexibility index (Phi) is 8.66. The molecular weight excluding hydrogens is 268 g/mol. The van der Waals surface area contributed by atoms with E-state index in [2.05, 4.69) is 22.8 Å². The van der Waals surface area contributed by atoms with E-state index in [0.29, 0.717) is 32.9 Å². The highest BCUT2D eigenvalue weighted by Gasteiger charge is 2.12. The SMILES string of the molecule is CCOCc1ccccc1CNC(C)C(=O)NCCOC. The lowest BCUT2D eigenvalue weighted by Crippen LogP contribution is -2.42. The monoisotopic (exact) mass is 294 g/mol. The van der Waals surface area contributed by atoms with Gasteiger partial charge in [0.25, 0.3) is 0 Å². The second kappa shape index (κ2) is 10.3. The first-order valence-corrected chi connectivity index (χ1v) is 7.33. The molecular formula is C16H26N2O3. The summed E-state index contributed by atoms with van der Waals surface area (Å²) in [5, 5.41) is 6.05. The highest BCUT2D eigenvalue weighted by molar-refractivity contribution is 5.81. The molecule has 0 bridgehead atoms. The Morgan fingerprint density at radius 1 is 1.29 bits per heavy atom. The molecule has 1 aromatic rings. The molecule has 0 saturated carbocycles. The van der Waals surface area contributed by atoms with Gasteiger partial charge in [0.15, 0.2) is 0 Å². The van der Waals surface area contributed by atoms with Gasteiger partial charge in [0.1, 0.15) is 0 Å². The lowest BCUT2D eigenvalue weighted by atomic mass is 10.1. The Morgan fingerprint density at radius 3 is 2.67 bits per heavy atom. The molecule has 1 rings (SSSR count). The van der Waals surface area contributed by atoms with E-state index in [1.54, 1.807) is 7.11 Å². The fourth-order valence-electron chi connectivity index (χ4n) is 1.87. The van der Waals surface area contributed by atoms with Gasteiger partial charge in [0.05, 0.1) is 19.3 Å². The van der Waals surface area contributed by atoms with Gasteiger partial charge in [0.2, 0.25) is 5.91 Å². The van der Waals surface area contributed by atoms with Crippen molar-refractivity contribution in [2.75, 3.05) is 26.9 Å². The second-order valence-corrected chi connectivity index (χ2v) is 4.79. The molecule has 1 atom stereocenters. The molecule has 1 amide bonds. The summed E-state index contributed by atoms with van der Waals surface area (Å²) in [6.45, 7) is 6.82. The third kappa shape index (κ3) is 6.71. The van der Waals surface area contributed by atoms with E-state index >= 15 is 0 Å². The number of hydrogen-bond donors (Lipinski definition) is 2. The Morgan fingerprint density at radius 2 is 2.00 bits per heavy atom. The Balaban J connectivity index is 2.45. The molecule has 0 aromatic heterocycles. The molecule has 0 fully saturated rings. The molecule has 0 radical (unpaired) electrons. The number of hydrogen-bond acceptors (Lipinski definition) is 4. The van der Waals surface area contributed by atoms with Crippen LogP contribution in [0.4, 0.5) is 0 Å². The molecule has 118 valence electrons. The Hall–Kier alpha value is -1.43. The van der Waals surface area contributed by atoms with Crippen molar-refractivity contribution < 1.29 is 14.3 Å². The van der Waals surface area contributed by atoms with Crippen LogP contribution in [0.25, 0.3) is 0 Å². The number of carbonyl (C=O) groups excluding carboxylic acids is 1. The average molecular weight is 294 g/mol. The molecule has 1 aromatic carbocycles. The minimum absolute atomic E-state index is 0.0191. The number of carbonyl (C=O) groups is 1. The topological polar surface area (TPSA) is 59.6 Å². The van der Waals surface area contributed by atoms with E-state index < -0.39 is 0 Å². The maximum atomic E-state index is 11.8. The van der Waals surface area contributed by atoms with E-state index in [0.717, 1.165) is 11.1 Å². The number of ether oxygens (including phenoxy) is 2. The van der Waals surface area contributed by atoms with E-state index in [1.807, 2.05) is 26.0 Å². The van der Waals surface area contributed by atoms with Crippen molar-refractivity contribution in [1.82, 2.24) is 10.6 Å². The van der Waals surface area contributed by atoms with Crippen LogP contribution in [0.15, 0.2) is 24.3 Å². The zero-order chi connectivity index (χ0) is 15.5. The van der Waals surface area contributed by atoms with E-state index in [1.165, 1.54) is 0 Å². The van der Waals surface area contributed by atoms with Crippen molar-refractivity contribution in [1.29, 1.82) is 0 Å². The first-order valence-electron chi connectivity index (χ1n) is 7.33. The standard InChI is InChI=1S/C16H26N2O3/c1-4-21-12-15-8-6-5-7-14(15)11-18-13(2)16(19)17-9-10-20-3/h5-8,13,18H,4,9-12H2,1-3H3,(H,17,19). The van der Waals surface area contributed by atoms with Crippen LogP contribution in [0.2, 0.25) is 0 Å². The van der Waals surface area contributed by atoms with Crippen LogP contribution in [0.3, 0.4) is 0 Å². The van der Waals surface area contributed by atoms with Crippen LogP contribution in [-0.4, -0.2) is 38.8 Å². The fraction of sp³-hybridized carbons (Fsp3) is 0.562. The maximum absolute atomic E-state index is 11.8. The molecule has 0 aliphatic heterocycles. The summed E-state index contributed by atoms with van der Waals surface area (Å²) >= 11 is 0. The summed E-state index contributed by atoms with van der Waals surface area (Å²) in [5.74, 6) is -0.0191. The number of nitrogens with one attached hydrogen (secondary N) is 2. The largest absolute Gasteiger partial charge is 0.383 e. The summed E-state index contributed by atoms with van der Waals surface area (Å²) < 4.78 is 10.4. The molecule has 0 spiro atoms.